The van der Waals surface area contributed by atoms with E-state index in [2.05, 4.69) is 33.5 Å². The Morgan fingerprint density at radius 3 is 2.81 bits per heavy atom. The molecule has 2 heterocycles. The predicted molar refractivity (Wildman–Crippen MR) is 105 cm³/mol. The number of aromatic amines is 1. The van der Waals surface area contributed by atoms with Crippen molar-refractivity contribution in [2.45, 2.75) is 13.3 Å². The van der Waals surface area contributed by atoms with Gasteiger partial charge in [0.1, 0.15) is 10.0 Å². The Balaban J connectivity index is 1.94. The number of benzene rings is 1. The molecule has 0 atom stereocenters. The zero-order chi connectivity index (χ0) is 18.8. The van der Waals surface area contributed by atoms with Gasteiger partial charge in [0.05, 0.1) is 11.9 Å². The first kappa shape index (κ1) is 18.5. The number of aryl methyl sites for hydroxylation is 1. The Morgan fingerprint density at radius 1 is 1.35 bits per heavy atom. The van der Waals surface area contributed by atoms with Gasteiger partial charge in [0.15, 0.2) is 10.8 Å². The fourth-order valence-electron chi connectivity index (χ4n) is 2.56. The second-order valence-electron chi connectivity index (χ2n) is 5.37. The third-order valence-electron chi connectivity index (χ3n) is 3.84. The highest BCUT2D eigenvalue weighted by Crippen LogP contribution is 2.36. The second-order valence-corrected chi connectivity index (χ2v) is 6.48. The minimum atomic E-state index is -1.32. The minimum absolute atomic E-state index is 0.00832. The van der Waals surface area contributed by atoms with Gasteiger partial charge in [0.25, 0.3) is 0 Å². The number of para-hydroxylation sites is 1. The quantitative estimate of drug-likeness (QED) is 0.304. The molecule has 0 spiro atoms. The van der Waals surface area contributed by atoms with Gasteiger partial charge >= 0.3 is 5.97 Å². The third-order valence-corrected chi connectivity index (χ3v) is 4.94. The number of anilines is 1. The van der Waals surface area contributed by atoms with Crippen molar-refractivity contribution in [3.05, 3.63) is 56.4 Å². The van der Waals surface area contributed by atoms with Crippen molar-refractivity contribution in [2.24, 2.45) is 5.10 Å². The van der Waals surface area contributed by atoms with Crippen LogP contribution in [0.5, 0.6) is 0 Å². The number of halogens is 3. The van der Waals surface area contributed by atoms with Gasteiger partial charge in [-0.2, -0.15) is 5.10 Å². The summed E-state index contributed by atoms with van der Waals surface area (Å²) in [5.41, 5.74) is 5.43. The van der Waals surface area contributed by atoms with Crippen LogP contribution in [0.1, 0.15) is 28.5 Å². The predicted octanol–water partition coefficient (Wildman–Crippen LogP) is 5.23. The van der Waals surface area contributed by atoms with Gasteiger partial charge < -0.3 is 10.1 Å². The number of carboxylic acids is 1. The molecule has 0 radical (unpaired) electrons. The molecule has 3 aromatic rings. The van der Waals surface area contributed by atoms with Crippen LogP contribution >= 0.6 is 34.8 Å². The molecular weight excluding hydrogens is 399 g/mol. The van der Waals surface area contributed by atoms with E-state index in [1.54, 1.807) is 6.21 Å². The highest BCUT2D eigenvalue weighted by atomic mass is 35.5. The van der Waals surface area contributed by atoms with Gasteiger partial charge in [-0.25, -0.2) is 9.78 Å². The molecule has 9 heteroatoms. The maximum absolute atomic E-state index is 11.2. The molecule has 0 unspecified atom stereocenters. The van der Waals surface area contributed by atoms with Crippen LogP contribution in [0.4, 0.5) is 5.69 Å². The highest BCUT2D eigenvalue weighted by molar-refractivity contribution is 6.46. The molecule has 134 valence electrons. The Morgan fingerprint density at radius 2 is 2.12 bits per heavy atom. The van der Waals surface area contributed by atoms with E-state index in [9.17, 15) is 4.79 Å². The van der Waals surface area contributed by atoms with E-state index in [4.69, 9.17) is 39.9 Å². The highest BCUT2D eigenvalue weighted by Gasteiger charge is 2.20. The van der Waals surface area contributed by atoms with Crippen LogP contribution in [0.25, 0.3) is 10.9 Å². The Hall–Kier alpha value is -2.28. The number of nitrogens with one attached hydrogen (secondary N) is 2. The van der Waals surface area contributed by atoms with Crippen molar-refractivity contribution in [3.8, 4) is 0 Å². The summed E-state index contributed by atoms with van der Waals surface area (Å²) in [6, 6.07) is 6.03. The molecule has 0 aliphatic carbocycles. The van der Waals surface area contributed by atoms with Gasteiger partial charge in [0.2, 0.25) is 0 Å². The Kier molecular flexibility index (Phi) is 5.36. The minimum Gasteiger partial charge on any atom is -0.476 e. The summed E-state index contributed by atoms with van der Waals surface area (Å²) in [4.78, 5) is 18.1. The van der Waals surface area contributed by atoms with Gasteiger partial charge in [-0.1, -0.05) is 59.9 Å². The number of carbonyl (C=O) groups is 1. The van der Waals surface area contributed by atoms with Crippen LogP contribution in [0.3, 0.4) is 0 Å². The summed E-state index contributed by atoms with van der Waals surface area (Å²) in [5.74, 6) is -1.32. The molecule has 3 rings (SSSR count). The van der Waals surface area contributed by atoms with Crippen LogP contribution in [-0.2, 0) is 6.42 Å². The van der Waals surface area contributed by atoms with Crippen molar-refractivity contribution in [2.75, 3.05) is 5.43 Å². The second kappa shape index (κ2) is 7.53. The van der Waals surface area contributed by atoms with Crippen LogP contribution in [0.15, 0.2) is 29.5 Å². The molecule has 0 aliphatic heterocycles. The first-order chi connectivity index (χ1) is 12.4. The number of rotatable bonds is 5. The maximum atomic E-state index is 11.2. The maximum Gasteiger partial charge on any atom is 0.356 e. The third kappa shape index (κ3) is 3.35. The molecule has 0 saturated heterocycles. The lowest BCUT2D eigenvalue weighted by molar-refractivity contribution is 0.0691. The lowest BCUT2D eigenvalue weighted by atomic mass is 10.1. The zero-order valence-electron chi connectivity index (χ0n) is 13.5. The van der Waals surface area contributed by atoms with E-state index in [0.29, 0.717) is 0 Å². The van der Waals surface area contributed by atoms with Crippen molar-refractivity contribution in [1.82, 2.24) is 9.97 Å². The number of aromatic carboxylic acids is 1. The molecule has 3 N–H and O–H groups in total. The first-order valence-electron chi connectivity index (χ1n) is 7.59. The lowest BCUT2D eigenvalue weighted by Gasteiger charge is -2.09. The van der Waals surface area contributed by atoms with Crippen molar-refractivity contribution < 1.29 is 9.90 Å². The molecular formula is C17H13Cl3N4O2. The van der Waals surface area contributed by atoms with Crippen molar-refractivity contribution in [3.63, 3.8) is 0 Å². The van der Waals surface area contributed by atoms with Crippen molar-refractivity contribution in [1.29, 1.82) is 0 Å². The Labute approximate surface area is 163 Å². The van der Waals surface area contributed by atoms with Gasteiger partial charge in [-0.15, -0.1) is 0 Å². The normalized spacial score (nSPS) is 11.4. The van der Waals surface area contributed by atoms with Crippen LogP contribution in [0.2, 0.25) is 15.2 Å². The Bertz CT molecular complexity index is 1030. The number of pyridine rings is 1. The summed E-state index contributed by atoms with van der Waals surface area (Å²) in [5, 5.41) is 13.9. The summed E-state index contributed by atoms with van der Waals surface area (Å²) >= 11 is 18.0. The largest absolute Gasteiger partial charge is 0.476 e. The molecule has 0 saturated carbocycles. The molecule has 0 fully saturated rings. The fraction of sp³-hybridized carbons (Fsp3) is 0.118. The smallest absolute Gasteiger partial charge is 0.356 e. The number of hydrazone groups is 1. The SMILES string of the molecule is CCc1cccc2c(/C=N/Nc3c(Cl)c(Cl)nc(C(=O)O)c3Cl)c[nH]c12. The van der Waals surface area contributed by atoms with Gasteiger partial charge in [-0.05, 0) is 12.0 Å². The van der Waals surface area contributed by atoms with E-state index >= 15 is 0 Å². The van der Waals surface area contributed by atoms with E-state index in [1.807, 2.05) is 18.3 Å². The monoisotopic (exact) mass is 410 g/mol. The van der Waals surface area contributed by atoms with E-state index in [0.717, 1.165) is 22.9 Å². The van der Waals surface area contributed by atoms with Crippen LogP contribution < -0.4 is 5.43 Å². The average molecular weight is 412 g/mol. The van der Waals surface area contributed by atoms with Gasteiger partial charge in [-0.3, -0.25) is 5.43 Å². The zero-order valence-corrected chi connectivity index (χ0v) is 15.7. The molecule has 2 aromatic heterocycles. The lowest BCUT2D eigenvalue weighted by Crippen LogP contribution is -2.05. The number of hydrogen-bond donors (Lipinski definition) is 3. The number of fused-ring (bicyclic) bond motifs is 1. The number of H-pyrrole nitrogens is 1. The summed E-state index contributed by atoms with van der Waals surface area (Å²) in [7, 11) is 0. The molecule has 0 bridgehead atoms. The van der Waals surface area contributed by atoms with E-state index in [1.165, 1.54) is 5.56 Å². The summed E-state index contributed by atoms with van der Waals surface area (Å²) in [6.45, 7) is 2.09. The average Bonchev–Trinajstić information content (AvgIpc) is 3.04. The summed E-state index contributed by atoms with van der Waals surface area (Å²) < 4.78 is 0. The molecule has 1 aromatic carbocycles. The van der Waals surface area contributed by atoms with Crippen LogP contribution in [-0.4, -0.2) is 27.3 Å². The topological polar surface area (TPSA) is 90.4 Å². The number of hydrogen-bond acceptors (Lipinski definition) is 4. The number of carboxylic acid groups (broad SMARTS) is 1. The van der Waals surface area contributed by atoms with Crippen LogP contribution in [0, 0.1) is 0 Å². The van der Waals surface area contributed by atoms with E-state index < -0.39 is 11.7 Å². The van der Waals surface area contributed by atoms with E-state index in [-0.39, 0.29) is 20.9 Å². The number of aromatic nitrogens is 2. The van der Waals surface area contributed by atoms with Gasteiger partial charge in [0, 0.05) is 22.7 Å². The molecule has 0 aliphatic rings. The fourth-order valence-corrected chi connectivity index (χ4v) is 3.23. The summed E-state index contributed by atoms with van der Waals surface area (Å²) in [6.07, 6.45) is 4.32. The molecule has 0 amide bonds. The standard InChI is InChI=1S/C17H13Cl3N4O2/c1-2-8-4-3-5-10-9(6-21-13(8)10)7-22-24-14-11(18)15(17(25)26)23-16(20)12(14)19/h3-7,21H,2H2,1H3,(H,23,24)(H,25,26)/b22-7+. The van der Waals surface area contributed by atoms with Crippen molar-refractivity contribution >= 4 is 63.6 Å². The number of nitrogens with zero attached hydrogens (tertiary/aromatic N) is 2. The first-order valence-corrected chi connectivity index (χ1v) is 8.73. The molecule has 6 nitrogen and oxygen atoms in total. The molecule has 26 heavy (non-hydrogen) atoms.